The van der Waals surface area contributed by atoms with Gasteiger partial charge in [-0.25, -0.2) is 4.39 Å². The third-order valence-electron chi connectivity index (χ3n) is 5.08. The molecule has 1 fully saturated rings. The molecule has 2 aliphatic rings. The fourth-order valence-corrected chi connectivity index (χ4v) is 3.98. The first-order valence-electron chi connectivity index (χ1n) is 9.50. The standard InChI is InChI=1S/C20H28ClFN4O.HI/c1-14-13-26(10-11-27-14)18(19-16(21)8-5-9-17(19)22)12-24-20(23-2)25-15-6-3-4-7-15;/h3-5,8-9,14-15,18H,6-7,10-13H2,1-2H3,(H2,23,24,25);1H. The number of nitrogens with zero attached hydrogens (tertiary/aromatic N) is 2. The molecular weight excluding hydrogens is 494 g/mol. The van der Waals surface area contributed by atoms with E-state index in [1.807, 2.05) is 6.92 Å². The molecule has 5 nitrogen and oxygen atoms in total. The van der Waals surface area contributed by atoms with Crippen molar-refractivity contribution in [2.45, 2.75) is 38.0 Å². The fraction of sp³-hybridized carbons (Fsp3) is 0.550. The summed E-state index contributed by atoms with van der Waals surface area (Å²) in [4.78, 5) is 6.55. The molecule has 1 aliphatic heterocycles. The molecule has 1 aliphatic carbocycles. The zero-order valence-electron chi connectivity index (χ0n) is 16.3. The van der Waals surface area contributed by atoms with Gasteiger partial charge in [-0.2, -0.15) is 0 Å². The van der Waals surface area contributed by atoms with Crippen LogP contribution in [0.5, 0.6) is 0 Å². The summed E-state index contributed by atoms with van der Waals surface area (Å²) >= 11 is 6.39. The van der Waals surface area contributed by atoms with Crippen LogP contribution in [0.2, 0.25) is 5.02 Å². The molecule has 0 amide bonds. The van der Waals surface area contributed by atoms with Crippen LogP contribution in [0, 0.1) is 5.82 Å². The summed E-state index contributed by atoms with van der Waals surface area (Å²) in [6, 6.07) is 5.00. The Morgan fingerprint density at radius 3 is 2.79 bits per heavy atom. The van der Waals surface area contributed by atoms with Gasteiger partial charge < -0.3 is 15.4 Å². The summed E-state index contributed by atoms with van der Waals surface area (Å²) in [5.41, 5.74) is 0.527. The smallest absolute Gasteiger partial charge is 0.191 e. The predicted molar refractivity (Wildman–Crippen MR) is 123 cm³/mol. The van der Waals surface area contributed by atoms with Gasteiger partial charge in [-0.3, -0.25) is 9.89 Å². The summed E-state index contributed by atoms with van der Waals surface area (Å²) in [6.07, 6.45) is 6.42. The fourth-order valence-electron chi connectivity index (χ4n) is 3.69. The van der Waals surface area contributed by atoms with Crippen molar-refractivity contribution in [3.63, 3.8) is 0 Å². The van der Waals surface area contributed by atoms with E-state index in [4.69, 9.17) is 16.3 Å². The first-order chi connectivity index (χ1) is 13.1. The molecule has 1 saturated heterocycles. The first kappa shape index (κ1) is 23.4. The second kappa shape index (κ2) is 11.3. The third-order valence-corrected chi connectivity index (χ3v) is 5.41. The Labute approximate surface area is 188 Å². The summed E-state index contributed by atoms with van der Waals surface area (Å²) in [5.74, 6) is 0.443. The Morgan fingerprint density at radius 1 is 1.39 bits per heavy atom. The van der Waals surface area contributed by atoms with Crippen molar-refractivity contribution in [1.82, 2.24) is 15.5 Å². The summed E-state index contributed by atoms with van der Waals surface area (Å²) in [5, 5.41) is 7.23. The number of halogens is 3. The molecule has 0 aromatic heterocycles. The van der Waals surface area contributed by atoms with Crippen LogP contribution in [0.3, 0.4) is 0 Å². The maximum atomic E-state index is 14.7. The van der Waals surface area contributed by atoms with Crippen molar-refractivity contribution in [2.75, 3.05) is 33.3 Å². The normalized spacial score (nSPS) is 22.0. The number of ether oxygens (including phenoxy) is 1. The highest BCUT2D eigenvalue weighted by Gasteiger charge is 2.29. The van der Waals surface area contributed by atoms with E-state index in [0.717, 1.165) is 31.9 Å². The van der Waals surface area contributed by atoms with E-state index in [0.29, 0.717) is 29.8 Å². The van der Waals surface area contributed by atoms with E-state index in [-0.39, 0.29) is 41.9 Å². The van der Waals surface area contributed by atoms with Crippen LogP contribution >= 0.6 is 35.6 Å². The molecule has 1 aromatic rings. The highest BCUT2D eigenvalue weighted by atomic mass is 127. The Hall–Kier alpha value is -0.900. The SMILES string of the molecule is CN=C(NCC(c1c(F)cccc1Cl)N1CCOC(C)C1)NC1CC=CC1.I. The molecule has 28 heavy (non-hydrogen) atoms. The van der Waals surface area contributed by atoms with Crippen molar-refractivity contribution >= 4 is 41.5 Å². The average Bonchev–Trinajstić information content (AvgIpc) is 3.16. The van der Waals surface area contributed by atoms with Gasteiger partial charge in [-0.15, -0.1) is 24.0 Å². The summed E-state index contributed by atoms with van der Waals surface area (Å²) < 4.78 is 20.3. The number of aliphatic imine (C=N–C) groups is 1. The zero-order chi connectivity index (χ0) is 19.2. The molecule has 2 unspecified atom stereocenters. The van der Waals surface area contributed by atoms with E-state index in [2.05, 4.69) is 32.7 Å². The highest BCUT2D eigenvalue weighted by Crippen LogP contribution is 2.31. The molecule has 1 aromatic carbocycles. The van der Waals surface area contributed by atoms with Gasteiger partial charge in [0.2, 0.25) is 0 Å². The summed E-state index contributed by atoms with van der Waals surface area (Å²) in [6.45, 7) is 4.64. The molecule has 0 saturated carbocycles. The number of hydrogen-bond donors (Lipinski definition) is 2. The van der Waals surface area contributed by atoms with E-state index in [1.165, 1.54) is 6.07 Å². The Bertz CT molecular complexity index is 675. The van der Waals surface area contributed by atoms with E-state index in [9.17, 15) is 4.39 Å². The number of hydrogen-bond acceptors (Lipinski definition) is 3. The lowest BCUT2D eigenvalue weighted by atomic mass is 10.0. The predicted octanol–water partition coefficient (Wildman–Crippen LogP) is 3.74. The van der Waals surface area contributed by atoms with Crippen LogP contribution in [0.15, 0.2) is 35.3 Å². The van der Waals surface area contributed by atoms with E-state index in [1.54, 1.807) is 19.2 Å². The zero-order valence-corrected chi connectivity index (χ0v) is 19.4. The highest BCUT2D eigenvalue weighted by molar-refractivity contribution is 14.0. The van der Waals surface area contributed by atoms with Crippen molar-refractivity contribution < 1.29 is 9.13 Å². The van der Waals surface area contributed by atoms with Gasteiger partial charge >= 0.3 is 0 Å². The monoisotopic (exact) mass is 522 g/mol. The number of morpholine rings is 1. The van der Waals surface area contributed by atoms with Crippen LogP contribution < -0.4 is 10.6 Å². The molecule has 0 spiro atoms. The van der Waals surface area contributed by atoms with E-state index >= 15 is 0 Å². The number of nitrogens with one attached hydrogen (secondary N) is 2. The second-order valence-corrected chi connectivity index (χ2v) is 7.47. The van der Waals surface area contributed by atoms with Crippen molar-refractivity contribution in [3.8, 4) is 0 Å². The van der Waals surface area contributed by atoms with Gasteiger partial charge in [-0.1, -0.05) is 29.8 Å². The lowest BCUT2D eigenvalue weighted by Crippen LogP contribution is -2.49. The van der Waals surface area contributed by atoms with Crippen LogP contribution in [-0.4, -0.2) is 56.3 Å². The second-order valence-electron chi connectivity index (χ2n) is 7.06. The van der Waals surface area contributed by atoms with Gasteiger partial charge in [-0.05, 0) is 31.9 Å². The van der Waals surface area contributed by atoms with Crippen LogP contribution in [-0.2, 0) is 4.74 Å². The lowest BCUT2D eigenvalue weighted by molar-refractivity contribution is -0.0343. The quantitative estimate of drug-likeness (QED) is 0.268. The van der Waals surface area contributed by atoms with Gasteiger partial charge in [0.1, 0.15) is 5.82 Å². The maximum Gasteiger partial charge on any atom is 0.191 e. The van der Waals surface area contributed by atoms with Gasteiger partial charge in [0.15, 0.2) is 5.96 Å². The Kier molecular flexibility index (Phi) is 9.46. The molecule has 8 heteroatoms. The lowest BCUT2D eigenvalue weighted by Gasteiger charge is -2.38. The van der Waals surface area contributed by atoms with Gasteiger partial charge in [0.05, 0.1) is 18.8 Å². The molecular formula is C20H29ClFIN4O. The Balaban J connectivity index is 0.00000280. The van der Waals surface area contributed by atoms with Crippen LogP contribution in [0.4, 0.5) is 4.39 Å². The van der Waals surface area contributed by atoms with Crippen LogP contribution in [0.25, 0.3) is 0 Å². The molecule has 3 rings (SSSR count). The summed E-state index contributed by atoms with van der Waals surface area (Å²) in [7, 11) is 1.75. The van der Waals surface area contributed by atoms with Crippen molar-refractivity contribution in [1.29, 1.82) is 0 Å². The molecule has 0 radical (unpaired) electrons. The van der Waals surface area contributed by atoms with Crippen molar-refractivity contribution in [3.05, 3.63) is 46.8 Å². The minimum Gasteiger partial charge on any atom is -0.376 e. The van der Waals surface area contributed by atoms with Gasteiger partial charge in [0.25, 0.3) is 0 Å². The van der Waals surface area contributed by atoms with Gasteiger partial charge in [0, 0.05) is 43.3 Å². The number of benzene rings is 1. The third kappa shape index (κ3) is 6.05. The van der Waals surface area contributed by atoms with Crippen molar-refractivity contribution in [2.24, 2.45) is 4.99 Å². The van der Waals surface area contributed by atoms with E-state index < -0.39 is 0 Å². The minimum absolute atomic E-state index is 0. The average molecular weight is 523 g/mol. The Morgan fingerprint density at radius 2 is 2.14 bits per heavy atom. The molecule has 2 atom stereocenters. The molecule has 2 N–H and O–H groups in total. The molecule has 156 valence electrons. The molecule has 0 bridgehead atoms. The number of rotatable bonds is 5. The van der Waals surface area contributed by atoms with Crippen LogP contribution in [0.1, 0.15) is 31.4 Å². The number of guanidine groups is 1. The largest absolute Gasteiger partial charge is 0.376 e. The minimum atomic E-state index is -0.281. The maximum absolute atomic E-state index is 14.7. The first-order valence-corrected chi connectivity index (χ1v) is 9.88. The molecule has 1 heterocycles. The topological polar surface area (TPSA) is 48.9 Å².